The summed E-state index contributed by atoms with van der Waals surface area (Å²) in [4.78, 5) is 66.8. The third kappa shape index (κ3) is 5.27. The Kier molecular flexibility index (Phi) is 8.18. The second-order valence-electron chi connectivity index (χ2n) is 12.9. The van der Waals surface area contributed by atoms with Crippen molar-refractivity contribution < 1.29 is 49.1 Å². The van der Waals surface area contributed by atoms with Crippen molar-refractivity contribution in [2.75, 3.05) is 16.0 Å². The number of ether oxygens (including phenoxy) is 1. The van der Waals surface area contributed by atoms with Gasteiger partial charge < -0.3 is 41.5 Å². The maximum absolute atomic E-state index is 14.4. The van der Waals surface area contributed by atoms with Gasteiger partial charge in [0.1, 0.15) is 23.2 Å². The summed E-state index contributed by atoms with van der Waals surface area (Å²) < 4.78 is 5.83. The number of hydrogen-bond acceptors (Lipinski definition) is 10. The van der Waals surface area contributed by atoms with Crippen LogP contribution in [0, 0.1) is 11.8 Å². The number of allylic oxidation sites excluding steroid dienone is 1. The fourth-order valence-corrected chi connectivity index (χ4v) is 7.62. The van der Waals surface area contributed by atoms with E-state index in [1.165, 1.54) is 12.1 Å². The SMILES string of the molecule is C[C@H]1c2ccc(NC(=O)Nc3cccc4ccccc34)c(O)c2C(=O)C2=C(O)[C@]3(O)C(=O)C(C(N)=O)=C(O)C[C@@H]3[C@@H](OC(=O)Nc3ccccc3)[C@@H]21. The van der Waals surface area contributed by atoms with Crippen LogP contribution in [0.2, 0.25) is 0 Å². The van der Waals surface area contributed by atoms with Gasteiger partial charge in [0.25, 0.3) is 5.91 Å². The fraction of sp³-hybridized carbons (Fsp3) is 0.184. The number of benzene rings is 4. The van der Waals surface area contributed by atoms with Crippen LogP contribution in [0.4, 0.5) is 26.7 Å². The number of hydrogen-bond donors (Lipinski definition) is 8. The number of nitrogens with two attached hydrogens (primary N) is 1. The minimum Gasteiger partial charge on any atom is -0.511 e. The van der Waals surface area contributed by atoms with E-state index in [0.29, 0.717) is 11.4 Å². The smallest absolute Gasteiger partial charge is 0.411 e. The molecule has 0 unspecified atom stereocenters. The Hall–Kier alpha value is -6.67. The Morgan fingerprint density at radius 1 is 0.846 bits per heavy atom. The zero-order valence-corrected chi connectivity index (χ0v) is 27.4. The first-order chi connectivity index (χ1) is 24.8. The van der Waals surface area contributed by atoms with E-state index in [9.17, 15) is 44.4 Å². The van der Waals surface area contributed by atoms with Crippen LogP contribution in [0.15, 0.2) is 108 Å². The summed E-state index contributed by atoms with van der Waals surface area (Å²) in [7, 11) is 0. The van der Waals surface area contributed by atoms with Crippen LogP contribution in [0.5, 0.6) is 5.75 Å². The lowest BCUT2D eigenvalue weighted by Crippen LogP contribution is -2.63. The zero-order valence-electron chi connectivity index (χ0n) is 27.4. The lowest BCUT2D eigenvalue weighted by atomic mass is 9.56. The first-order valence-electron chi connectivity index (χ1n) is 16.2. The highest BCUT2D eigenvalue weighted by Crippen LogP contribution is 2.56. The molecular weight excluding hydrogens is 672 g/mol. The van der Waals surface area contributed by atoms with Crippen LogP contribution in [0.25, 0.3) is 10.8 Å². The number of phenols is 1. The number of aliphatic hydroxyl groups is 3. The molecule has 9 N–H and O–H groups in total. The first kappa shape index (κ1) is 33.8. The van der Waals surface area contributed by atoms with Crippen molar-refractivity contribution in [1.29, 1.82) is 0 Å². The summed E-state index contributed by atoms with van der Waals surface area (Å²) in [5.74, 6) is -10.2. The Balaban J connectivity index is 1.29. The number of primary amides is 1. The molecule has 0 bridgehead atoms. The van der Waals surface area contributed by atoms with Crippen LogP contribution in [-0.2, 0) is 14.3 Å². The molecule has 3 aliphatic carbocycles. The van der Waals surface area contributed by atoms with E-state index in [0.717, 1.165) is 10.8 Å². The van der Waals surface area contributed by atoms with E-state index in [4.69, 9.17) is 10.5 Å². The molecule has 264 valence electrons. The van der Waals surface area contributed by atoms with Crippen LogP contribution >= 0.6 is 0 Å². The molecule has 14 nitrogen and oxygen atoms in total. The molecule has 52 heavy (non-hydrogen) atoms. The van der Waals surface area contributed by atoms with Gasteiger partial charge >= 0.3 is 12.1 Å². The summed E-state index contributed by atoms with van der Waals surface area (Å²) >= 11 is 0. The predicted molar refractivity (Wildman–Crippen MR) is 188 cm³/mol. The summed E-state index contributed by atoms with van der Waals surface area (Å²) in [5.41, 5.74) is 1.29. The molecule has 0 aromatic heterocycles. The summed E-state index contributed by atoms with van der Waals surface area (Å²) in [5, 5.41) is 55.3. The average Bonchev–Trinajstić information content (AvgIpc) is 3.11. The third-order valence-corrected chi connectivity index (χ3v) is 10.0. The number of fused-ring (bicyclic) bond motifs is 4. The Bertz CT molecular complexity index is 2280. The van der Waals surface area contributed by atoms with Crippen molar-refractivity contribution in [3.05, 3.63) is 119 Å². The van der Waals surface area contributed by atoms with E-state index in [2.05, 4.69) is 16.0 Å². The summed E-state index contributed by atoms with van der Waals surface area (Å²) in [6.07, 6.45) is -3.23. The number of aromatic hydroxyl groups is 1. The number of anilines is 3. The Morgan fingerprint density at radius 2 is 1.52 bits per heavy atom. The van der Waals surface area contributed by atoms with Gasteiger partial charge in [0, 0.05) is 34.9 Å². The van der Waals surface area contributed by atoms with Gasteiger partial charge in [0.15, 0.2) is 17.1 Å². The number of carbonyl (C=O) groups is 5. The number of carbonyl (C=O) groups excluding carboxylic acids is 5. The normalized spacial score (nSPS) is 23.7. The first-order valence-corrected chi connectivity index (χ1v) is 16.2. The van der Waals surface area contributed by atoms with Gasteiger partial charge in [-0.05, 0) is 41.1 Å². The van der Waals surface area contributed by atoms with Gasteiger partial charge in [-0.2, -0.15) is 0 Å². The average molecular weight is 705 g/mol. The van der Waals surface area contributed by atoms with E-state index >= 15 is 0 Å². The molecule has 0 spiro atoms. The number of phenolic OH excluding ortho intramolecular Hbond substituents is 1. The number of nitrogens with one attached hydrogen (secondary N) is 3. The predicted octanol–water partition coefficient (Wildman–Crippen LogP) is 5.17. The van der Waals surface area contributed by atoms with Crippen molar-refractivity contribution in [2.24, 2.45) is 17.6 Å². The van der Waals surface area contributed by atoms with Crippen molar-refractivity contribution >= 4 is 57.4 Å². The number of amides is 4. The maximum atomic E-state index is 14.4. The molecule has 5 atom stereocenters. The highest BCUT2D eigenvalue weighted by molar-refractivity contribution is 6.25. The fourth-order valence-electron chi connectivity index (χ4n) is 7.62. The van der Waals surface area contributed by atoms with E-state index in [1.807, 2.05) is 30.3 Å². The number of aliphatic hydroxyl groups excluding tert-OH is 2. The molecule has 0 saturated carbocycles. The van der Waals surface area contributed by atoms with E-state index < -0.39 is 93.9 Å². The maximum Gasteiger partial charge on any atom is 0.411 e. The van der Waals surface area contributed by atoms with Crippen molar-refractivity contribution in [3.63, 3.8) is 0 Å². The molecule has 0 heterocycles. The summed E-state index contributed by atoms with van der Waals surface area (Å²) in [6, 6.07) is 23.0. The van der Waals surface area contributed by atoms with Crippen LogP contribution in [0.1, 0.15) is 35.2 Å². The standard InChI is InChI=1S/C38H32N4O10/c1-17-20-14-15-24(42-36(49)41-23-13-7-9-18-8-5-6-12-21(18)23)30(44)27(20)31(45)29-26(17)32(52-37(50)40-19-10-3-2-4-11-19)22-16-25(43)28(35(39)48)33(46)38(22,51)34(29)47/h2-15,17,22,26,32,43-44,47,51H,16H2,1H3,(H2,39,48)(H,40,50)(H2,41,42,49)/t17-,22+,26+,32+,38+/m0/s1. The number of Topliss-reactive ketones (excluding diaryl/α,β-unsaturated/α-hetero) is 2. The number of urea groups is 1. The lowest BCUT2D eigenvalue weighted by Gasteiger charge is -2.51. The Labute approximate surface area is 295 Å². The van der Waals surface area contributed by atoms with Crippen molar-refractivity contribution in [3.8, 4) is 5.75 Å². The second kappa shape index (κ2) is 12.6. The van der Waals surface area contributed by atoms with Crippen LogP contribution in [0.3, 0.4) is 0 Å². The number of para-hydroxylation sites is 1. The molecular formula is C38H32N4O10. The van der Waals surface area contributed by atoms with Gasteiger partial charge in [-0.1, -0.05) is 67.6 Å². The lowest BCUT2D eigenvalue weighted by molar-refractivity contribution is -0.154. The molecule has 3 aliphatic rings. The minimum absolute atomic E-state index is 0.171. The van der Waals surface area contributed by atoms with Crippen molar-refractivity contribution in [1.82, 2.24) is 0 Å². The second-order valence-corrected chi connectivity index (χ2v) is 12.9. The molecule has 14 heteroatoms. The largest absolute Gasteiger partial charge is 0.511 e. The summed E-state index contributed by atoms with van der Waals surface area (Å²) in [6.45, 7) is 1.62. The van der Waals surface area contributed by atoms with Gasteiger partial charge in [0.2, 0.25) is 5.78 Å². The number of ketones is 2. The number of rotatable bonds is 5. The molecule has 4 aromatic rings. The van der Waals surface area contributed by atoms with Crippen LogP contribution in [-0.4, -0.2) is 61.7 Å². The van der Waals surface area contributed by atoms with Gasteiger partial charge in [-0.15, -0.1) is 0 Å². The molecule has 0 fully saturated rings. The molecule has 4 amide bonds. The van der Waals surface area contributed by atoms with Crippen LogP contribution < -0.4 is 21.7 Å². The molecule has 0 radical (unpaired) electrons. The Morgan fingerprint density at radius 3 is 2.25 bits per heavy atom. The van der Waals surface area contributed by atoms with Gasteiger partial charge in [-0.3, -0.25) is 19.7 Å². The molecule has 0 aliphatic heterocycles. The monoisotopic (exact) mass is 704 g/mol. The van der Waals surface area contributed by atoms with E-state index in [1.54, 1.807) is 49.4 Å². The molecule has 4 aromatic carbocycles. The highest BCUT2D eigenvalue weighted by atomic mass is 16.6. The zero-order chi connectivity index (χ0) is 37.1. The third-order valence-electron chi connectivity index (χ3n) is 10.0. The van der Waals surface area contributed by atoms with Crippen molar-refractivity contribution in [2.45, 2.75) is 31.0 Å². The minimum atomic E-state index is -3.04. The highest BCUT2D eigenvalue weighted by Gasteiger charge is 2.65. The van der Waals surface area contributed by atoms with E-state index in [-0.39, 0.29) is 16.8 Å². The topological polar surface area (TPSA) is 238 Å². The molecule has 0 saturated heterocycles. The molecule has 7 rings (SSSR count). The quantitative estimate of drug-likeness (QED) is 0.100. The van der Waals surface area contributed by atoms with Gasteiger partial charge in [-0.25, -0.2) is 9.59 Å². The van der Waals surface area contributed by atoms with Gasteiger partial charge in [0.05, 0.1) is 16.9 Å².